The number of hydrogen-bond donors (Lipinski definition) is 2. The second kappa shape index (κ2) is 5.72. The molecule has 2 saturated heterocycles. The highest BCUT2D eigenvalue weighted by Gasteiger charge is 2.51. The Morgan fingerprint density at radius 3 is 2.33 bits per heavy atom. The molecule has 0 aromatic heterocycles. The lowest BCUT2D eigenvalue weighted by Crippen LogP contribution is -2.79. The molecule has 4 rings (SSSR count). The molecule has 6 heteroatoms. The molecule has 2 aliphatic rings. The van der Waals surface area contributed by atoms with Gasteiger partial charge in [-0.1, -0.05) is 6.07 Å². The van der Waals surface area contributed by atoms with Crippen molar-refractivity contribution >= 4 is 17.3 Å². The van der Waals surface area contributed by atoms with Crippen LogP contribution in [0, 0.1) is 0 Å². The number of carbonyl (C=O) groups is 1. The van der Waals surface area contributed by atoms with Crippen LogP contribution in [0.3, 0.4) is 0 Å². The Labute approximate surface area is 140 Å². The lowest BCUT2D eigenvalue weighted by atomic mass is 9.84. The molecule has 1 amide bonds. The van der Waals surface area contributed by atoms with Crippen molar-refractivity contribution in [1.29, 1.82) is 0 Å². The van der Waals surface area contributed by atoms with Crippen molar-refractivity contribution in [3.8, 4) is 5.75 Å². The van der Waals surface area contributed by atoms with Crippen LogP contribution in [0.25, 0.3) is 0 Å². The number of benzene rings is 2. The Kier molecular flexibility index (Phi) is 3.54. The van der Waals surface area contributed by atoms with Gasteiger partial charge in [0, 0.05) is 36.1 Å². The molecule has 124 valence electrons. The standard InChI is InChI=1S/C18H19N3O3/c1-24-15-4-2-3-14(9-15)21-11-16-17(21)10-20(16)13-7-5-12(6-8-13)18(22)19-23/h2-9,16-17,23H,10-11H2,1H3,(H,19,22)/t16-,17?/m1/s1. The van der Waals surface area contributed by atoms with Crippen LogP contribution < -0.4 is 20.0 Å². The molecule has 0 bridgehead atoms. The summed E-state index contributed by atoms with van der Waals surface area (Å²) in [6.07, 6.45) is 0. The molecule has 2 aliphatic heterocycles. The fourth-order valence-corrected chi connectivity index (χ4v) is 3.51. The first kappa shape index (κ1) is 14.8. The molecule has 2 fully saturated rings. The number of fused-ring (bicyclic) bond motifs is 1. The van der Waals surface area contributed by atoms with Crippen LogP contribution in [-0.2, 0) is 0 Å². The molecule has 24 heavy (non-hydrogen) atoms. The van der Waals surface area contributed by atoms with Gasteiger partial charge in [0.1, 0.15) is 5.75 Å². The van der Waals surface area contributed by atoms with Crippen LogP contribution in [0.1, 0.15) is 10.4 Å². The Balaban J connectivity index is 1.42. The summed E-state index contributed by atoms with van der Waals surface area (Å²) in [5.41, 5.74) is 4.40. The van der Waals surface area contributed by atoms with Gasteiger partial charge in [-0.05, 0) is 36.4 Å². The number of ether oxygens (including phenoxy) is 1. The van der Waals surface area contributed by atoms with E-state index in [9.17, 15) is 4.79 Å². The van der Waals surface area contributed by atoms with Crippen molar-refractivity contribution in [2.45, 2.75) is 12.1 Å². The zero-order valence-corrected chi connectivity index (χ0v) is 13.3. The van der Waals surface area contributed by atoms with Gasteiger partial charge in [0.25, 0.3) is 5.91 Å². The summed E-state index contributed by atoms with van der Waals surface area (Å²) in [5.74, 6) is 0.390. The normalized spacial score (nSPS) is 21.4. The molecular weight excluding hydrogens is 306 g/mol. The number of piperazine rings is 1. The number of hydroxylamine groups is 1. The lowest BCUT2D eigenvalue weighted by molar-refractivity contribution is 0.0706. The van der Waals surface area contributed by atoms with Gasteiger partial charge >= 0.3 is 0 Å². The fraction of sp³-hybridized carbons (Fsp3) is 0.278. The number of hydrogen-bond acceptors (Lipinski definition) is 5. The van der Waals surface area contributed by atoms with Crippen molar-refractivity contribution in [2.75, 3.05) is 30.0 Å². The predicted molar refractivity (Wildman–Crippen MR) is 91.0 cm³/mol. The number of rotatable bonds is 4. The average molecular weight is 325 g/mol. The summed E-state index contributed by atoms with van der Waals surface area (Å²) in [6.45, 7) is 1.95. The molecule has 0 saturated carbocycles. The van der Waals surface area contributed by atoms with E-state index in [-0.39, 0.29) is 0 Å². The van der Waals surface area contributed by atoms with Gasteiger partial charge in [0.15, 0.2) is 0 Å². The van der Waals surface area contributed by atoms with E-state index in [0.717, 1.165) is 24.5 Å². The van der Waals surface area contributed by atoms with Crippen LogP contribution in [0.4, 0.5) is 11.4 Å². The van der Waals surface area contributed by atoms with Crippen LogP contribution >= 0.6 is 0 Å². The molecule has 0 radical (unpaired) electrons. The highest BCUT2D eigenvalue weighted by atomic mass is 16.5. The van der Waals surface area contributed by atoms with Crippen LogP contribution in [-0.4, -0.2) is 43.4 Å². The van der Waals surface area contributed by atoms with E-state index in [1.807, 2.05) is 24.3 Å². The second-order valence-corrected chi connectivity index (χ2v) is 6.13. The number of methoxy groups -OCH3 is 1. The number of carbonyl (C=O) groups excluding carboxylic acids is 1. The number of nitrogens with one attached hydrogen (secondary N) is 1. The monoisotopic (exact) mass is 325 g/mol. The van der Waals surface area contributed by atoms with Crippen LogP contribution in [0.5, 0.6) is 5.75 Å². The maximum absolute atomic E-state index is 11.4. The Morgan fingerprint density at radius 1 is 1.08 bits per heavy atom. The van der Waals surface area contributed by atoms with Crippen LogP contribution in [0.15, 0.2) is 48.5 Å². The zero-order valence-electron chi connectivity index (χ0n) is 13.3. The third kappa shape index (κ3) is 2.27. The first-order chi connectivity index (χ1) is 11.7. The molecule has 6 nitrogen and oxygen atoms in total. The average Bonchev–Trinajstić information content (AvgIpc) is 2.63. The molecule has 0 aliphatic carbocycles. The minimum Gasteiger partial charge on any atom is -0.497 e. The Morgan fingerprint density at radius 2 is 1.75 bits per heavy atom. The Bertz CT molecular complexity index is 762. The molecule has 2 N–H and O–H groups in total. The lowest BCUT2D eigenvalue weighted by Gasteiger charge is -2.63. The summed E-state index contributed by atoms with van der Waals surface area (Å²) < 4.78 is 5.30. The first-order valence-corrected chi connectivity index (χ1v) is 7.93. The van der Waals surface area contributed by atoms with Crippen molar-refractivity contribution in [3.63, 3.8) is 0 Å². The van der Waals surface area contributed by atoms with Gasteiger partial charge in [0.2, 0.25) is 0 Å². The molecular formula is C18H19N3O3. The Hall–Kier alpha value is -2.73. The van der Waals surface area contributed by atoms with E-state index in [1.54, 1.807) is 24.7 Å². The molecule has 2 aromatic rings. The van der Waals surface area contributed by atoms with Gasteiger partial charge in [-0.2, -0.15) is 0 Å². The first-order valence-electron chi connectivity index (χ1n) is 7.93. The largest absolute Gasteiger partial charge is 0.497 e. The third-order valence-corrected chi connectivity index (χ3v) is 4.96. The topological polar surface area (TPSA) is 65.0 Å². The number of amides is 1. The van der Waals surface area contributed by atoms with Crippen LogP contribution in [0.2, 0.25) is 0 Å². The van der Waals surface area contributed by atoms with Gasteiger partial charge in [-0.15, -0.1) is 0 Å². The SMILES string of the molecule is COc1cccc(N2C[C@@H]3C2CN3c2ccc(C(=O)NO)cc2)c1. The smallest absolute Gasteiger partial charge is 0.274 e. The van der Waals surface area contributed by atoms with E-state index in [0.29, 0.717) is 17.6 Å². The van der Waals surface area contributed by atoms with Crippen molar-refractivity contribution in [1.82, 2.24) is 5.48 Å². The predicted octanol–water partition coefficient (Wildman–Crippen LogP) is 1.89. The number of anilines is 2. The molecule has 2 aromatic carbocycles. The fourth-order valence-electron chi connectivity index (χ4n) is 3.51. The third-order valence-electron chi connectivity index (χ3n) is 4.96. The maximum Gasteiger partial charge on any atom is 0.274 e. The zero-order chi connectivity index (χ0) is 16.7. The second-order valence-electron chi connectivity index (χ2n) is 6.13. The van der Waals surface area contributed by atoms with Crippen molar-refractivity contribution < 1.29 is 14.7 Å². The van der Waals surface area contributed by atoms with Crippen molar-refractivity contribution in [2.24, 2.45) is 0 Å². The molecule has 2 atom stereocenters. The van der Waals surface area contributed by atoms with E-state index < -0.39 is 5.91 Å². The van der Waals surface area contributed by atoms with E-state index >= 15 is 0 Å². The minimum absolute atomic E-state index is 0.449. The highest BCUT2D eigenvalue weighted by Crippen LogP contribution is 2.40. The van der Waals surface area contributed by atoms with E-state index in [2.05, 4.69) is 21.9 Å². The molecule has 0 spiro atoms. The summed E-state index contributed by atoms with van der Waals surface area (Å²) in [5, 5.41) is 8.66. The molecule has 1 unspecified atom stereocenters. The van der Waals surface area contributed by atoms with Crippen molar-refractivity contribution in [3.05, 3.63) is 54.1 Å². The maximum atomic E-state index is 11.4. The summed E-state index contributed by atoms with van der Waals surface area (Å²) in [4.78, 5) is 16.1. The number of nitrogens with zero attached hydrogens (tertiary/aromatic N) is 2. The summed E-state index contributed by atoms with van der Waals surface area (Å²) >= 11 is 0. The van der Waals surface area contributed by atoms with Gasteiger partial charge < -0.3 is 14.5 Å². The summed E-state index contributed by atoms with van der Waals surface area (Å²) in [6, 6.07) is 16.5. The highest BCUT2D eigenvalue weighted by molar-refractivity contribution is 5.93. The quantitative estimate of drug-likeness (QED) is 0.664. The van der Waals surface area contributed by atoms with Gasteiger partial charge in [-0.3, -0.25) is 10.0 Å². The van der Waals surface area contributed by atoms with E-state index in [1.165, 1.54) is 5.69 Å². The summed E-state index contributed by atoms with van der Waals surface area (Å²) in [7, 11) is 1.68. The minimum atomic E-state index is -0.490. The molecule has 2 heterocycles. The van der Waals surface area contributed by atoms with Gasteiger partial charge in [0.05, 0.1) is 19.2 Å². The van der Waals surface area contributed by atoms with Gasteiger partial charge in [-0.25, -0.2) is 5.48 Å². The van der Waals surface area contributed by atoms with E-state index in [4.69, 9.17) is 9.94 Å².